The first-order chi connectivity index (χ1) is 8.65. The third-order valence-electron chi connectivity index (χ3n) is 4.48. The van der Waals surface area contributed by atoms with Crippen LogP contribution in [0.5, 0.6) is 0 Å². The first-order valence-electron chi connectivity index (χ1n) is 7.73. The van der Waals surface area contributed by atoms with Gasteiger partial charge in [0.1, 0.15) is 0 Å². The number of nitrogens with one attached hydrogen (secondary N) is 2. The number of rotatable bonds is 3. The smallest absolute Gasteiger partial charge is 0.166 e. The fraction of sp³-hybridized carbons (Fsp3) is 0.938. The van der Waals surface area contributed by atoms with Gasteiger partial charge in [0.05, 0.1) is 0 Å². The quantitative estimate of drug-likeness (QED) is 0.769. The van der Waals surface area contributed by atoms with Crippen molar-refractivity contribution >= 4 is 17.3 Å². The molecule has 0 aromatic rings. The molecule has 0 unspecified atom stereocenters. The molecule has 0 spiro atoms. The molecule has 0 amide bonds. The topological polar surface area (TPSA) is 24.1 Å². The van der Waals surface area contributed by atoms with Crippen LogP contribution in [0.1, 0.15) is 66.7 Å². The van der Waals surface area contributed by atoms with Gasteiger partial charge >= 0.3 is 0 Å². The fourth-order valence-corrected chi connectivity index (χ4v) is 4.73. The van der Waals surface area contributed by atoms with Gasteiger partial charge in [-0.1, -0.05) is 27.2 Å². The molecule has 0 aromatic carbocycles. The zero-order valence-electron chi connectivity index (χ0n) is 13.2. The molecule has 2 aliphatic rings. The monoisotopic (exact) mass is 282 g/mol. The molecule has 0 saturated heterocycles. The minimum Gasteiger partial charge on any atom is -0.360 e. The van der Waals surface area contributed by atoms with E-state index in [0.29, 0.717) is 11.5 Å². The first kappa shape index (κ1) is 15.1. The Labute approximate surface area is 124 Å². The Balaban J connectivity index is 1.81. The molecule has 0 radical (unpaired) electrons. The highest BCUT2D eigenvalue weighted by Crippen LogP contribution is 2.44. The summed E-state index contributed by atoms with van der Waals surface area (Å²) in [7, 11) is 0. The highest BCUT2D eigenvalue weighted by molar-refractivity contribution is 7.80. The largest absolute Gasteiger partial charge is 0.360 e. The van der Waals surface area contributed by atoms with Gasteiger partial charge in [0.15, 0.2) is 5.11 Å². The molecule has 2 rings (SSSR count). The third kappa shape index (κ3) is 4.34. The zero-order valence-corrected chi connectivity index (χ0v) is 14.0. The molecule has 2 fully saturated rings. The van der Waals surface area contributed by atoms with Crippen molar-refractivity contribution in [3.63, 3.8) is 0 Å². The van der Waals surface area contributed by atoms with Gasteiger partial charge in [-0.25, -0.2) is 0 Å². The van der Waals surface area contributed by atoms with Crippen LogP contribution < -0.4 is 10.6 Å². The Morgan fingerprint density at radius 3 is 2.26 bits per heavy atom. The van der Waals surface area contributed by atoms with E-state index in [0.717, 1.165) is 23.4 Å². The summed E-state index contributed by atoms with van der Waals surface area (Å²) in [4.78, 5) is 0. The minimum atomic E-state index is 0.0555. The summed E-state index contributed by atoms with van der Waals surface area (Å²) in [6, 6.07) is 0.629. The summed E-state index contributed by atoms with van der Waals surface area (Å²) in [6.45, 7) is 11.3. The molecule has 2 N–H and O–H groups in total. The zero-order chi connectivity index (χ0) is 14.3. The van der Waals surface area contributed by atoms with E-state index in [1.807, 2.05) is 0 Å². The average molecular weight is 282 g/mol. The van der Waals surface area contributed by atoms with Crippen LogP contribution in [-0.4, -0.2) is 16.7 Å². The Bertz CT molecular complexity index is 343. The molecule has 19 heavy (non-hydrogen) atoms. The van der Waals surface area contributed by atoms with E-state index >= 15 is 0 Å². The Hall–Kier alpha value is -0.310. The maximum absolute atomic E-state index is 5.52. The van der Waals surface area contributed by atoms with Crippen LogP contribution in [0.2, 0.25) is 0 Å². The first-order valence-corrected chi connectivity index (χ1v) is 8.14. The lowest BCUT2D eigenvalue weighted by molar-refractivity contribution is 0.265. The van der Waals surface area contributed by atoms with Crippen LogP contribution in [0.15, 0.2) is 0 Å². The molecule has 2 nitrogen and oxygen atoms in total. The van der Waals surface area contributed by atoms with Gasteiger partial charge in [-0.05, 0) is 69.0 Å². The van der Waals surface area contributed by atoms with Crippen molar-refractivity contribution < 1.29 is 0 Å². The third-order valence-corrected chi connectivity index (χ3v) is 4.70. The number of thiocarbonyl (C=S) groups is 1. The molecule has 3 heteroatoms. The van der Waals surface area contributed by atoms with E-state index in [4.69, 9.17) is 12.2 Å². The van der Waals surface area contributed by atoms with E-state index in [-0.39, 0.29) is 5.54 Å². The van der Waals surface area contributed by atoms with Crippen LogP contribution in [-0.2, 0) is 0 Å². The normalized spacial score (nSPS) is 30.5. The molecular weight excluding hydrogens is 252 g/mol. The van der Waals surface area contributed by atoms with Crippen LogP contribution in [0.3, 0.4) is 0 Å². The molecule has 2 aliphatic carbocycles. The van der Waals surface area contributed by atoms with Crippen molar-refractivity contribution in [3.8, 4) is 0 Å². The van der Waals surface area contributed by atoms with Crippen LogP contribution in [0.25, 0.3) is 0 Å². The highest BCUT2D eigenvalue weighted by atomic mass is 32.1. The van der Waals surface area contributed by atoms with Gasteiger partial charge in [0.2, 0.25) is 0 Å². The van der Waals surface area contributed by atoms with Crippen LogP contribution in [0.4, 0.5) is 0 Å². The van der Waals surface area contributed by atoms with Gasteiger partial charge in [0.25, 0.3) is 0 Å². The summed E-state index contributed by atoms with van der Waals surface area (Å²) in [5.74, 6) is 1.84. The molecular formula is C16H30N2S. The van der Waals surface area contributed by atoms with Gasteiger partial charge in [-0.3, -0.25) is 0 Å². The van der Waals surface area contributed by atoms with Gasteiger partial charge in [0, 0.05) is 11.6 Å². The molecule has 2 saturated carbocycles. The van der Waals surface area contributed by atoms with E-state index in [9.17, 15) is 0 Å². The number of fused-ring (bicyclic) bond motifs is 2. The van der Waals surface area contributed by atoms with Crippen molar-refractivity contribution in [2.45, 2.75) is 78.3 Å². The number of hydrogen-bond acceptors (Lipinski definition) is 1. The lowest BCUT2D eigenvalue weighted by atomic mass is 9.82. The van der Waals surface area contributed by atoms with E-state index < -0.39 is 0 Å². The average Bonchev–Trinajstić information content (AvgIpc) is 2.72. The second-order valence-electron chi connectivity index (χ2n) is 8.50. The maximum atomic E-state index is 5.52. The summed E-state index contributed by atoms with van der Waals surface area (Å²) >= 11 is 5.52. The Morgan fingerprint density at radius 2 is 1.79 bits per heavy atom. The second kappa shape index (κ2) is 5.23. The van der Waals surface area contributed by atoms with Crippen LogP contribution >= 0.6 is 12.2 Å². The summed E-state index contributed by atoms with van der Waals surface area (Å²) in [5.41, 5.74) is 0.374. The van der Waals surface area contributed by atoms with Crippen molar-refractivity contribution in [1.82, 2.24) is 10.6 Å². The van der Waals surface area contributed by atoms with Gasteiger partial charge < -0.3 is 10.6 Å². The predicted octanol–water partition coefficient (Wildman–Crippen LogP) is 3.85. The predicted molar refractivity (Wildman–Crippen MR) is 86.3 cm³/mol. The summed E-state index contributed by atoms with van der Waals surface area (Å²) < 4.78 is 0. The highest BCUT2D eigenvalue weighted by Gasteiger charge is 2.40. The molecule has 2 bridgehead atoms. The lowest BCUT2D eigenvalue weighted by Crippen LogP contribution is -2.52. The van der Waals surface area contributed by atoms with Gasteiger partial charge in [-0.2, -0.15) is 0 Å². The van der Waals surface area contributed by atoms with E-state index in [1.54, 1.807) is 0 Å². The Kier molecular flexibility index (Phi) is 4.15. The fourth-order valence-electron chi connectivity index (χ4n) is 4.30. The number of hydrogen-bond donors (Lipinski definition) is 2. The minimum absolute atomic E-state index is 0.0555. The van der Waals surface area contributed by atoms with E-state index in [1.165, 1.54) is 25.7 Å². The molecule has 3 atom stereocenters. The van der Waals surface area contributed by atoms with Crippen molar-refractivity contribution in [3.05, 3.63) is 0 Å². The van der Waals surface area contributed by atoms with Crippen LogP contribution in [0, 0.1) is 17.3 Å². The summed E-state index contributed by atoms with van der Waals surface area (Å²) in [6.07, 6.45) is 6.70. The van der Waals surface area contributed by atoms with Crippen molar-refractivity contribution in [1.29, 1.82) is 0 Å². The van der Waals surface area contributed by atoms with Crippen molar-refractivity contribution in [2.75, 3.05) is 0 Å². The Morgan fingerprint density at radius 1 is 1.11 bits per heavy atom. The van der Waals surface area contributed by atoms with E-state index in [2.05, 4.69) is 45.3 Å². The van der Waals surface area contributed by atoms with Gasteiger partial charge in [-0.15, -0.1) is 0 Å². The SMILES string of the molecule is CC(C)(C)CC(C)(C)NC(=S)N[C@H]1C[C@H]2CC[C@H]1C2. The summed E-state index contributed by atoms with van der Waals surface area (Å²) in [5, 5.41) is 7.95. The molecule has 110 valence electrons. The standard InChI is InChI=1S/C16H30N2S/c1-15(2,3)10-16(4,5)18-14(19)17-13-9-11-6-7-12(13)8-11/h11-13H,6-10H2,1-5H3,(H2,17,18,19)/t11-,12-,13-/m0/s1. The molecule has 0 aromatic heterocycles. The molecule has 0 heterocycles. The lowest BCUT2D eigenvalue weighted by Gasteiger charge is -2.35. The molecule has 0 aliphatic heterocycles. The maximum Gasteiger partial charge on any atom is 0.166 e. The second-order valence-corrected chi connectivity index (χ2v) is 8.91. The van der Waals surface area contributed by atoms with Crippen molar-refractivity contribution in [2.24, 2.45) is 17.3 Å².